The first-order valence-electron chi connectivity index (χ1n) is 5.18. The van der Waals surface area contributed by atoms with Crippen LogP contribution in [0.5, 0.6) is 5.75 Å². The van der Waals surface area contributed by atoms with Crippen molar-refractivity contribution in [1.29, 1.82) is 0 Å². The molecule has 0 aliphatic carbocycles. The van der Waals surface area contributed by atoms with Crippen molar-refractivity contribution in [2.45, 2.75) is 6.92 Å². The molecule has 0 heterocycles. The van der Waals surface area contributed by atoms with Gasteiger partial charge in [-0.1, -0.05) is 41.9 Å². The molecule has 0 aliphatic heterocycles. The molecular formula is C14H11ClO2. The molecule has 0 aromatic heterocycles. The zero-order valence-electron chi connectivity index (χ0n) is 9.27. The van der Waals surface area contributed by atoms with Crippen molar-refractivity contribution in [3.63, 3.8) is 0 Å². The first-order valence-corrected chi connectivity index (χ1v) is 5.55. The molecule has 0 unspecified atom stereocenters. The summed E-state index contributed by atoms with van der Waals surface area (Å²) in [4.78, 5) is 11.1. The third kappa shape index (κ3) is 2.48. The van der Waals surface area contributed by atoms with Crippen molar-refractivity contribution >= 4 is 17.4 Å². The lowest BCUT2D eigenvalue weighted by atomic mass is 10.0. The predicted octanol–water partition coefficient (Wildman–Crippen LogP) is 3.92. The Hall–Kier alpha value is -1.80. The van der Waals surface area contributed by atoms with Crippen LogP contribution in [0.1, 0.15) is 17.3 Å². The zero-order chi connectivity index (χ0) is 12.4. The van der Waals surface area contributed by atoms with Crippen molar-refractivity contribution in [2.75, 3.05) is 0 Å². The fourth-order valence-electron chi connectivity index (χ4n) is 1.59. The molecule has 0 radical (unpaired) electrons. The van der Waals surface area contributed by atoms with Gasteiger partial charge in [-0.15, -0.1) is 0 Å². The van der Waals surface area contributed by atoms with Crippen LogP contribution >= 0.6 is 11.6 Å². The molecule has 0 fully saturated rings. The average molecular weight is 247 g/mol. The van der Waals surface area contributed by atoms with Crippen LogP contribution in [-0.4, -0.2) is 10.9 Å². The molecule has 1 N–H and O–H groups in total. The predicted molar refractivity (Wildman–Crippen MR) is 68.6 cm³/mol. The normalized spacial score (nSPS) is 10.2. The number of phenolic OH excluding ortho intramolecular Hbond substituents is 1. The standard InChI is InChI=1S/C14H11ClO2/c1-9(16)10-2-4-11(5-3-10)12-6-7-13(15)14(17)8-12/h2-8,17H,1H3. The van der Waals surface area contributed by atoms with E-state index in [2.05, 4.69) is 0 Å². The van der Waals surface area contributed by atoms with Crippen molar-refractivity contribution < 1.29 is 9.90 Å². The van der Waals surface area contributed by atoms with E-state index in [9.17, 15) is 9.90 Å². The number of carbonyl (C=O) groups is 1. The highest BCUT2D eigenvalue weighted by molar-refractivity contribution is 6.32. The van der Waals surface area contributed by atoms with Gasteiger partial charge in [0.15, 0.2) is 5.78 Å². The van der Waals surface area contributed by atoms with Gasteiger partial charge >= 0.3 is 0 Å². The number of carbonyl (C=O) groups excluding carboxylic acids is 1. The molecule has 86 valence electrons. The molecular weight excluding hydrogens is 236 g/mol. The fourth-order valence-corrected chi connectivity index (χ4v) is 1.71. The molecule has 2 nitrogen and oxygen atoms in total. The Bertz CT molecular complexity index is 559. The quantitative estimate of drug-likeness (QED) is 0.816. The number of halogens is 1. The number of benzene rings is 2. The number of rotatable bonds is 2. The van der Waals surface area contributed by atoms with Gasteiger partial charge in [0.1, 0.15) is 5.75 Å². The lowest BCUT2D eigenvalue weighted by Crippen LogP contribution is -1.90. The summed E-state index contributed by atoms with van der Waals surface area (Å²) >= 11 is 5.74. The second-order valence-corrected chi connectivity index (χ2v) is 4.21. The summed E-state index contributed by atoms with van der Waals surface area (Å²) in [5, 5.41) is 9.85. The number of hydrogen-bond acceptors (Lipinski definition) is 2. The molecule has 3 heteroatoms. The first kappa shape index (κ1) is 11.7. The largest absolute Gasteiger partial charge is 0.506 e. The van der Waals surface area contributed by atoms with E-state index in [0.29, 0.717) is 10.6 Å². The van der Waals surface area contributed by atoms with Crippen LogP contribution in [0.25, 0.3) is 11.1 Å². The van der Waals surface area contributed by atoms with Crippen LogP contribution < -0.4 is 0 Å². The molecule has 0 saturated carbocycles. The number of Topliss-reactive ketones (excluding diaryl/α,β-unsaturated/α-hetero) is 1. The molecule has 0 atom stereocenters. The van der Waals surface area contributed by atoms with Gasteiger partial charge in [-0.2, -0.15) is 0 Å². The third-order valence-corrected chi connectivity index (χ3v) is 2.89. The highest BCUT2D eigenvalue weighted by Crippen LogP contribution is 2.29. The van der Waals surface area contributed by atoms with Gasteiger partial charge in [-0.05, 0) is 30.2 Å². The van der Waals surface area contributed by atoms with Gasteiger partial charge < -0.3 is 5.11 Å². The van der Waals surface area contributed by atoms with E-state index >= 15 is 0 Å². The summed E-state index contributed by atoms with van der Waals surface area (Å²) in [5.74, 6) is 0.0929. The summed E-state index contributed by atoms with van der Waals surface area (Å²) in [6.07, 6.45) is 0. The lowest BCUT2D eigenvalue weighted by Gasteiger charge is -2.04. The minimum absolute atomic E-state index is 0.0375. The Labute approximate surface area is 104 Å². The fraction of sp³-hybridized carbons (Fsp3) is 0.0714. The summed E-state index contributed by atoms with van der Waals surface area (Å²) < 4.78 is 0. The maximum atomic E-state index is 11.1. The second kappa shape index (κ2) is 4.60. The van der Waals surface area contributed by atoms with E-state index in [-0.39, 0.29) is 11.5 Å². The monoisotopic (exact) mass is 246 g/mol. The summed E-state index contributed by atoms with van der Waals surface area (Å²) in [6, 6.07) is 12.3. The van der Waals surface area contributed by atoms with Crippen molar-refractivity contribution in [1.82, 2.24) is 0 Å². The Kier molecular flexibility index (Phi) is 3.16. The number of ketones is 1. The number of aromatic hydroxyl groups is 1. The minimum Gasteiger partial charge on any atom is -0.506 e. The Morgan fingerprint density at radius 2 is 1.65 bits per heavy atom. The van der Waals surface area contributed by atoms with Gasteiger partial charge in [0.25, 0.3) is 0 Å². The molecule has 0 spiro atoms. The van der Waals surface area contributed by atoms with Crippen LogP contribution in [0.15, 0.2) is 42.5 Å². The van der Waals surface area contributed by atoms with E-state index in [1.807, 2.05) is 18.2 Å². The molecule has 17 heavy (non-hydrogen) atoms. The van der Waals surface area contributed by atoms with Crippen LogP contribution in [0.4, 0.5) is 0 Å². The minimum atomic E-state index is 0.0375. The average Bonchev–Trinajstić information content (AvgIpc) is 2.33. The van der Waals surface area contributed by atoms with Crippen molar-refractivity contribution in [3.05, 3.63) is 53.1 Å². The highest BCUT2D eigenvalue weighted by atomic mass is 35.5. The molecule has 0 amide bonds. The summed E-state index contributed by atoms with van der Waals surface area (Å²) in [5.41, 5.74) is 2.47. The summed E-state index contributed by atoms with van der Waals surface area (Å²) in [6.45, 7) is 1.53. The zero-order valence-corrected chi connectivity index (χ0v) is 10.0. The van der Waals surface area contributed by atoms with E-state index in [1.165, 1.54) is 6.92 Å². The second-order valence-electron chi connectivity index (χ2n) is 3.80. The van der Waals surface area contributed by atoms with Crippen LogP contribution in [0.3, 0.4) is 0 Å². The first-order chi connectivity index (χ1) is 8.08. The van der Waals surface area contributed by atoms with Gasteiger partial charge in [0.2, 0.25) is 0 Å². The van der Waals surface area contributed by atoms with Crippen molar-refractivity contribution in [3.8, 4) is 16.9 Å². The molecule has 0 saturated heterocycles. The number of phenols is 1. The molecule has 0 bridgehead atoms. The maximum Gasteiger partial charge on any atom is 0.159 e. The maximum absolute atomic E-state index is 11.1. The Morgan fingerprint density at radius 1 is 1.06 bits per heavy atom. The van der Waals surface area contributed by atoms with E-state index < -0.39 is 0 Å². The summed E-state index contributed by atoms with van der Waals surface area (Å²) in [7, 11) is 0. The van der Waals surface area contributed by atoms with Gasteiger partial charge in [-0.25, -0.2) is 0 Å². The number of hydrogen-bond donors (Lipinski definition) is 1. The van der Waals surface area contributed by atoms with E-state index in [1.54, 1.807) is 24.3 Å². The Balaban J connectivity index is 2.39. The topological polar surface area (TPSA) is 37.3 Å². The lowest BCUT2D eigenvalue weighted by molar-refractivity contribution is 0.101. The molecule has 2 aromatic carbocycles. The highest BCUT2D eigenvalue weighted by Gasteiger charge is 2.04. The van der Waals surface area contributed by atoms with Crippen LogP contribution in [-0.2, 0) is 0 Å². The van der Waals surface area contributed by atoms with Gasteiger partial charge in [0.05, 0.1) is 5.02 Å². The molecule has 2 aromatic rings. The van der Waals surface area contributed by atoms with Crippen LogP contribution in [0.2, 0.25) is 5.02 Å². The molecule has 2 rings (SSSR count). The molecule has 0 aliphatic rings. The van der Waals surface area contributed by atoms with Gasteiger partial charge in [0, 0.05) is 5.56 Å². The third-order valence-electron chi connectivity index (χ3n) is 2.57. The van der Waals surface area contributed by atoms with Crippen LogP contribution in [0, 0.1) is 0 Å². The van der Waals surface area contributed by atoms with E-state index in [0.717, 1.165) is 11.1 Å². The smallest absolute Gasteiger partial charge is 0.159 e. The SMILES string of the molecule is CC(=O)c1ccc(-c2ccc(Cl)c(O)c2)cc1. The van der Waals surface area contributed by atoms with Crippen molar-refractivity contribution in [2.24, 2.45) is 0 Å². The van der Waals surface area contributed by atoms with E-state index in [4.69, 9.17) is 11.6 Å². The van der Waals surface area contributed by atoms with Gasteiger partial charge in [-0.3, -0.25) is 4.79 Å². The Morgan fingerprint density at radius 3 is 2.18 bits per heavy atom.